The van der Waals surface area contributed by atoms with E-state index in [1.165, 1.54) is 19.2 Å². The van der Waals surface area contributed by atoms with Crippen molar-refractivity contribution in [2.45, 2.75) is 13.0 Å². The molecule has 1 unspecified atom stereocenters. The Labute approximate surface area is 106 Å². The van der Waals surface area contributed by atoms with Crippen LogP contribution in [0.3, 0.4) is 0 Å². The zero-order valence-corrected chi connectivity index (χ0v) is 10.8. The maximum atomic E-state index is 13.4. The molecule has 0 aliphatic heterocycles. The molecule has 18 heavy (non-hydrogen) atoms. The molecule has 0 aromatic heterocycles. The van der Waals surface area contributed by atoms with Crippen molar-refractivity contribution >= 4 is 5.78 Å². The molecule has 0 saturated heterocycles. The second-order valence-electron chi connectivity index (χ2n) is 4.32. The van der Waals surface area contributed by atoms with Gasteiger partial charge in [0.15, 0.2) is 17.3 Å². The summed E-state index contributed by atoms with van der Waals surface area (Å²) in [5, 5.41) is 9.19. The van der Waals surface area contributed by atoms with E-state index in [0.717, 1.165) is 6.07 Å². The smallest absolute Gasteiger partial charge is 0.176 e. The number of ketones is 1. The van der Waals surface area contributed by atoms with Gasteiger partial charge in [0.1, 0.15) is 0 Å². The third-order valence-corrected chi connectivity index (χ3v) is 2.46. The Hall–Kier alpha value is -1.46. The van der Waals surface area contributed by atoms with Gasteiger partial charge >= 0.3 is 0 Å². The molecule has 0 heterocycles. The van der Waals surface area contributed by atoms with Gasteiger partial charge in [-0.3, -0.25) is 9.69 Å². The number of aliphatic hydroxyl groups excluding tert-OH is 1. The number of carbonyl (C=O) groups excluding carboxylic acids is 1. The molecule has 1 N–H and O–H groups in total. The van der Waals surface area contributed by atoms with Gasteiger partial charge in [-0.1, -0.05) is 0 Å². The van der Waals surface area contributed by atoms with E-state index in [4.69, 9.17) is 4.74 Å². The van der Waals surface area contributed by atoms with Gasteiger partial charge in [0, 0.05) is 12.1 Å². The monoisotopic (exact) mass is 255 g/mol. The summed E-state index contributed by atoms with van der Waals surface area (Å²) in [4.78, 5) is 13.5. The molecule has 1 aromatic rings. The topological polar surface area (TPSA) is 49.8 Å². The van der Waals surface area contributed by atoms with Crippen LogP contribution in [-0.2, 0) is 0 Å². The minimum atomic E-state index is -0.554. The number of Topliss-reactive ketones (excluding diaryl/α,β-unsaturated/α-hetero) is 1. The number of nitrogens with zero attached hydrogens (tertiary/aromatic N) is 1. The van der Waals surface area contributed by atoms with Crippen LogP contribution in [-0.4, -0.2) is 49.1 Å². The number of likely N-dealkylation sites (N-methyl/N-ethyl adjacent to an activating group) is 1. The van der Waals surface area contributed by atoms with Crippen LogP contribution in [0.4, 0.5) is 4.39 Å². The van der Waals surface area contributed by atoms with Crippen LogP contribution >= 0.6 is 0 Å². The number of halogens is 1. The summed E-state index contributed by atoms with van der Waals surface area (Å²) < 4.78 is 18.2. The van der Waals surface area contributed by atoms with E-state index in [0.29, 0.717) is 12.1 Å². The highest BCUT2D eigenvalue weighted by Crippen LogP contribution is 2.18. The number of benzene rings is 1. The number of rotatable bonds is 6. The molecule has 0 aliphatic carbocycles. The van der Waals surface area contributed by atoms with Crippen LogP contribution in [0.2, 0.25) is 0 Å². The Balaban J connectivity index is 2.70. The maximum absolute atomic E-state index is 13.4. The van der Waals surface area contributed by atoms with Gasteiger partial charge in [0.25, 0.3) is 0 Å². The van der Waals surface area contributed by atoms with E-state index in [-0.39, 0.29) is 18.1 Å². The number of hydrogen-bond acceptors (Lipinski definition) is 4. The van der Waals surface area contributed by atoms with Crippen molar-refractivity contribution in [3.8, 4) is 5.75 Å². The van der Waals surface area contributed by atoms with Crippen molar-refractivity contribution in [1.82, 2.24) is 4.90 Å². The van der Waals surface area contributed by atoms with E-state index >= 15 is 0 Å². The molecule has 1 atom stereocenters. The first-order chi connectivity index (χ1) is 8.43. The Kier molecular flexibility index (Phi) is 5.25. The fraction of sp³-hybridized carbons (Fsp3) is 0.462. The van der Waals surface area contributed by atoms with E-state index in [1.54, 1.807) is 18.9 Å². The fourth-order valence-electron chi connectivity index (χ4n) is 1.69. The molecule has 0 fully saturated rings. The lowest BCUT2D eigenvalue weighted by Gasteiger charge is -2.17. The Morgan fingerprint density at radius 2 is 2.22 bits per heavy atom. The zero-order chi connectivity index (χ0) is 13.7. The molecular formula is C13H18FNO3. The van der Waals surface area contributed by atoms with Crippen molar-refractivity contribution in [3.05, 3.63) is 29.6 Å². The lowest BCUT2D eigenvalue weighted by molar-refractivity contribution is 0.0901. The second-order valence-corrected chi connectivity index (χ2v) is 4.32. The Morgan fingerprint density at radius 3 is 2.72 bits per heavy atom. The van der Waals surface area contributed by atoms with Gasteiger partial charge in [-0.2, -0.15) is 0 Å². The SMILES string of the molecule is COc1ccc(C(=O)CN(C)CC(C)O)cc1F. The molecule has 1 rings (SSSR count). The Bertz CT molecular complexity index is 421. The number of hydrogen-bond donors (Lipinski definition) is 1. The molecule has 1 aromatic carbocycles. The normalized spacial score (nSPS) is 12.6. The van der Waals surface area contributed by atoms with Gasteiger partial charge in [0.2, 0.25) is 0 Å². The summed E-state index contributed by atoms with van der Waals surface area (Å²) in [6.45, 7) is 2.18. The van der Waals surface area contributed by atoms with Gasteiger partial charge < -0.3 is 9.84 Å². The summed E-state index contributed by atoms with van der Waals surface area (Å²) in [6.07, 6.45) is -0.504. The van der Waals surface area contributed by atoms with E-state index in [9.17, 15) is 14.3 Å². The highest BCUT2D eigenvalue weighted by molar-refractivity contribution is 5.97. The molecule has 0 spiro atoms. The van der Waals surface area contributed by atoms with Crippen molar-refractivity contribution in [3.63, 3.8) is 0 Å². The number of ether oxygens (including phenoxy) is 1. The van der Waals surface area contributed by atoms with Crippen LogP contribution < -0.4 is 4.74 Å². The van der Waals surface area contributed by atoms with Crippen LogP contribution in [0.5, 0.6) is 5.75 Å². The molecule has 0 bridgehead atoms. The van der Waals surface area contributed by atoms with Crippen molar-refractivity contribution in [2.75, 3.05) is 27.2 Å². The fourth-order valence-corrected chi connectivity index (χ4v) is 1.69. The zero-order valence-electron chi connectivity index (χ0n) is 10.8. The third-order valence-electron chi connectivity index (χ3n) is 2.46. The van der Waals surface area contributed by atoms with Gasteiger partial charge in [-0.15, -0.1) is 0 Å². The number of carbonyl (C=O) groups is 1. The van der Waals surface area contributed by atoms with Gasteiger partial charge in [-0.25, -0.2) is 4.39 Å². The first kappa shape index (κ1) is 14.6. The van der Waals surface area contributed by atoms with Crippen LogP contribution in [0.1, 0.15) is 17.3 Å². The molecule has 4 nitrogen and oxygen atoms in total. The highest BCUT2D eigenvalue weighted by Gasteiger charge is 2.13. The minimum Gasteiger partial charge on any atom is -0.494 e. The highest BCUT2D eigenvalue weighted by atomic mass is 19.1. The molecule has 0 amide bonds. The number of aliphatic hydroxyl groups is 1. The van der Waals surface area contributed by atoms with E-state index < -0.39 is 11.9 Å². The van der Waals surface area contributed by atoms with Crippen LogP contribution in [0.15, 0.2) is 18.2 Å². The minimum absolute atomic E-state index is 0.115. The molecule has 5 heteroatoms. The standard InChI is InChI=1S/C13H18FNO3/c1-9(16)7-15(2)8-12(17)10-4-5-13(18-3)11(14)6-10/h4-6,9,16H,7-8H2,1-3H3. The number of methoxy groups -OCH3 is 1. The lowest BCUT2D eigenvalue weighted by atomic mass is 10.1. The molecule has 100 valence electrons. The third kappa shape index (κ3) is 4.09. The van der Waals surface area contributed by atoms with Crippen molar-refractivity contribution < 1.29 is 19.0 Å². The second kappa shape index (κ2) is 6.47. The molecular weight excluding hydrogens is 237 g/mol. The summed E-state index contributed by atoms with van der Waals surface area (Å²) in [7, 11) is 3.10. The lowest BCUT2D eigenvalue weighted by Crippen LogP contribution is -2.32. The molecule has 0 aliphatic rings. The predicted molar refractivity (Wildman–Crippen MR) is 66.5 cm³/mol. The average Bonchev–Trinajstić information content (AvgIpc) is 2.27. The Morgan fingerprint density at radius 1 is 1.56 bits per heavy atom. The quantitative estimate of drug-likeness (QED) is 0.779. The van der Waals surface area contributed by atoms with Crippen molar-refractivity contribution in [2.24, 2.45) is 0 Å². The van der Waals surface area contributed by atoms with Crippen molar-refractivity contribution in [1.29, 1.82) is 0 Å². The first-order valence-electron chi connectivity index (χ1n) is 5.67. The van der Waals surface area contributed by atoms with E-state index in [1.807, 2.05) is 0 Å². The first-order valence-corrected chi connectivity index (χ1v) is 5.67. The average molecular weight is 255 g/mol. The molecule has 0 radical (unpaired) electrons. The summed E-state index contributed by atoms with van der Waals surface area (Å²) in [5.74, 6) is -0.634. The predicted octanol–water partition coefficient (Wildman–Crippen LogP) is 1.33. The maximum Gasteiger partial charge on any atom is 0.176 e. The van der Waals surface area contributed by atoms with E-state index in [2.05, 4.69) is 0 Å². The summed E-state index contributed by atoms with van der Waals surface area (Å²) >= 11 is 0. The van der Waals surface area contributed by atoms with Gasteiger partial charge in [-0.05, 0) is 32.2 Å². The van der Waals surface area contributed by atoms with Crippen LogP contribution in [0.25, 0.3) is 0 Å². The summed E-state index contributed by atoms with van der Waals surface area (Å²) in [5.41, 5.74) is 0.297. The van der Waals surface area contributed by atoms with Crippen LogP contribution in [0, 0.1) is 5.82 Å². The largest absolute Gasteiger partial charge is 0.494 e. The van der Waals surface area contributed by atoms with Gasteiger partial charge in [0.05, 0.1) is 19.8 Å². The summed E-state index contributed by atoms with van der Waals surface area (Å²) in [6, 6.07) is 4.12. The molecule has 0 saturated carbocycles.